The summed E-state index contributed by atoms with van der Waals surface area (Å²) in [6.45, 7) is 0. The molecule has 3 aromatic heterocycles. The summed E-state index contributed by atoms with van der Waals surface area (Å²) in [5.41, 5.74) is 2.40. The molecule has 0 aliphatic rings. The van der Waals surface area contributed by atoms with E-state index in [-0.39, 0.29) is 6.03 Å². The first-order valence-corrected chi connectivity index (χ1v) is 9.08. The maximum Gasteiger partial charge on any atom is 0.324 e. The predicted molar refractivity (Wildman–Crippen MR) is 104 cm³/mol. The molecule has 0 fully saturated rings. The molecular weight excluding hydrogens is 362 g/mol. The first kappa shape index (κ1) is 16.9. The van der Waals surface area contributed by atoms with E-state index in [9.17, 15) is 4.79 Å². The van der Waals surface area contributed by atoms with Crippen LogP contribution in [-0.4, -0.2) is 21.2 Å². The number of pyridine rings is 1. The van der Waals surface area contributed by atoms with E-state index in [4.69, 9.17) is 4.52 Å². The first-order chi connectivity index (χ1) is 13.3. The number of anilines is 2. The van der Waals surface area contributed by atoms with Crippen LogP contribution in [0.1, 0.15) is 11.5 Å². The van der Waals surface area contributed by atoms with Crippen LogP contribution in [0.15, 0.2) is 70.8 Å². The van der Waals surface area contributed by atoms with Crippen molar-refractivity contribution in [2.75, 3.05) is 10.6 Å². The Morgan fingerprint density at radius 3 is 2.70 bits per heavy atom. The SMILES string of the molecule is O=C(Nc1cccs1)Nc1ccccc1Cc1nc(-c2ccncc2)no1. The molecule has 1 aromatic carbocycles. The van der Waals surface area contributed by atoms with Gasteiger partial charge in [0, 0.05) is 23.6 Å². The van der Waals surface area contributed by atoms with Crippen molar-refractivity contribution in [3.05, 3.63) is 77.8 Å². The molecule has 8 heteroatoms. The van der Waals surface area contributed by atoms with Gasteiger partial charge in [0.15, 0.2) is 0 Å². The molecule has 2 N–H and O–H groups in total. The minimum Gasteiger partial charge on any atom is -0.339 e. The summed E-state index contributed by atoms with van der Waals surface area (Å²) in [6.07, 6.45) is 3.77. The van der Waals surface area contributed by atoms with Crippen molar-refractivity contribution >= 4 is 28.1 Å². The summed E-state index contributed by atoms with van der Waals surface area (Å²) in [5.74, 6) is 0.975. The number of aromatic nitrogens is 3. The predicted octanol–water partition coefficient (Wildman–Crippen LogP) is 4.43. The number of urea groups is 1. The minimum absolute atomic E-state index is 0.298. The minimum atomic E-state index is -0.298. The monoisotopic (exact) mass is 377 g/mol. The molecule has 0 radical (unpaired) electrons. The Balaban J connectivity index is 1.48. The highest BCUT2D eigenvalue weighted by Gasteiger charge is 2.13. The van der Waals surface area contributed by atoms with Crippen molar-refractivity contribution in [3.63, 3.8) is 0 Å². The van der Waals surface area contributed by atoms with Gasteiger partial charge in [0.2, 0.25) is 11.7 Å². The molecule has 0 spiro atoms. The molecule has 0 atom stereocenters. The zero-order valence-corrected chi connectivity index (χ0v) is 14.9. The van der Waals surface area contributed by atoms with Crippen molar-refractivity contribution in [2.24, 2.45) is 0 Å². The fourth-order valence-electron chi connectivity index (χ4n) is 2.52. The van der Waals surface area contributed by atoms with Gasteiger partial charge in [-0.15, -0.1) is 11.3 Å². The van der Waals surface area contributed by atoms with Crippen LogP contribution in [0, 0.1) is 0 Å². The van der Waals surface area contributed by atoms with Gasteiger partial charge in [-0.05, 0) is 41.3 Å². The molecule has 3 heterocycles. The van der Waals surface area contributed by atoms with Gasteiger partial charge in [-0.3, -0.25) is 10.3 Å². The third kappa shape index (κ3) is 4.18. The molecule has 0 saturated heterocycles. The Morgan fingerprint density at radius 1 is 1.04 bits per heavy atom. The molecule has 134 valence electrons. The van der Waals surface area contributed by atoms with Crippen LogP contribution in [0.4, 0.5) is 15.5 Å². The Hall–Kier alpha value is -3.52. The van der Waals surface area contributed by atoms with Gasteiger partial charge in [-0.1, -0.05) is 23.4 Å². The number of thiophene rings is 1. The molecule has 4 aromatic rings. The number of rotatable bonds is 5. The standard InChI is InChI=1S/C19H15N5O2S/c25-19(23-17-6-3-11-27-17)21-15-5-2-1-4-14(15)12-16-22-18(24-26-16)13-7-9-20-10-8-13/h1-11H,12H2,(H2,21,23,25). The van der Waals surface area contributed by atoms with Gasteiger partial charge in [-0.2, -0.15) is 4.98 Å². The number of benzene rings is 1. The highest BCUT2D eigenvalue weighted by Crippen LogP contribution is 2.21. The number of nitrogens with zero attached hydrogens (tertiary/aromatic N) is 3. The van der Waals surface area contributed by atoms with Crippen molar-refractivity contribution in [1.29, 1.82) is 0 Å². The van der Waals surface area contributed by atoms with Crippen molar-refractivity contribution in [2.45, 2.75) is 6.42 Å². The molecule has 0 aliphatic carbocycles. The normalized spacial score (nSPS) is 10.5. The Morgan fingerprint density at radius 2 is 1.89 bits per heavy atom. The number of hydrogen-bond donors (Lipinski definition) is 2. The number of nitrogens with one attached hydrogen (secondary N) is 2. The van der Waals surface area contributed by atoms with Crippen LogP contribution in [0.2, 0.25) is 0 Å². The average Bonchev–Trinajstić information content (AvgIpc) is 3.36. The fraction of sp³-hybridized carbons (Fsp3) is 0.0526. The smallest absolute Gasteiger partial charge is 0.324 e. The summed E-state index contributed by atoms with van der Waals surface area (Å²) in [4.78, 5) is 20.6. The van der Waals surface area contributed by atoms with E-state index in [1.165, 1.54) is 11.3 Å². The molecule has 27 heavy (non-hydrogen) atoms. The van der Waals surface area contributed by atoms with Gasteiger partial charge in [0.05, 0.1) is 11.4 Å². The molecule has 2 amide bonds. The molecule has 0 saturated carbocycles. The van der Waals surface area contributed by atoms with E-state index < -0.39 is 0 Å². The zero-order chi connectivity index (χ0) is 18.5. The van der Waals surface area contributed by atoms with Gasteiger partial charge >= 0.3 is 6.03 Å². The Kier molecular flexibility index (Phi) is 4.88. The van der Waals surface area contributed by atoms with Crippen LogP contribution >= 0.6 is 11.3 Å². The lowest BCUT2D eigenvalue weighted by molar-refractivity contribution is 0.262. The third-order valence-electron chi connectivity index (χ3n) is 3.77. The average molecular weight is 377 g/mol. The second kappa shape index (κ2) is 7.79. The van der Waals surface area contributed by atoms with Crippen molar-refractivity contribution in [1.82, 2.24) is 15.1 Å². The Bertz CT molecular complexity index is 1030. The lowest BCUT2D eigenvalue weighted by Gasteiger charge is -2.10. The van der Waals surface area contributed by atoms with Crippen LogP contribution in [0.25, 0.3) is 11.4 Å². The molecule has 0 unspecified atom stereocenters. The van der Waals surface area contributed by atoms with Crippen molar-refractivity contribution < 1.29 is 9.32 Å². The van der Waals surface area contributed by atoms with E-state index in [0.29, 0.717) is 23.8 Å². The summed E-state index contributed by atoms with van der Waals surface area (Å²) < 4.78 is 5.36. The van der Waals surface area contributed by atoms with Crippen LogP contribution in [0.3, 0.4) is 0 Å². The summed E-state index contributed by atoms with van der Waals surface area (Å²) in [5, 5.41) is 12.4. The number of carbonyl (C=O) groups excluding carboxylic acids is 1. The largest absolute Gasteiger partial charge is 0.339 e. The van der Waals surface area contributed by atoms with E-state index >= 15 is 0 Å². The van der Waals surface area contributed by atoms with Gasteiger partial charge in [0.25, 0.3) is 0 Å². The maximum absolute atomic E-state index is 12.2. The first-order valence-electron chi connectivity index (χ1n) is 8.20. The Labute approximate surface area is 159 Å². The van der Waals surface area contributed by atoms with Gasteiger partial charge in [-0.25, -0.2) is 4.79 Å². The fourth-order valence-corrected chi connectivity index (χ4v) is 3.13. The number of carbonyl (C=O) groups is 1. The highest BCUT2D eigenvalue weighted by molar-refractivity contribution is 7.14. The lowest BCUT2D eigenvalue weighted by atomic mass is 10.1. The van der Waals surface area contributed by atoms with Crippen LogP contribution < -0.4 is 10.6 Å². The lowest BCUT2D eigenvalue weighted by Crippen LogP contribution is -2.19. The van der Waals surface area contributed by atoms with Gasteiger partial charge < -0.3 is 9.84 Å². The van der Waals surface area contributed by atoms with E-state index in [1.807, 2.05) is 53.9 Å². The van der Waals surface area contributed by atoms with Crippen molar-refractivity contribution in [3.8, 4) is 11.4 Å². The molecule has 7 nitrogen and oxygen atoms in total. The quantitative estimate of drug-likeness (QED) is 0.537. The van der Waals surface area contributed by atoms with E-state index in [0.717, 1.165) is 16.1 Å². The topological polar surface area (TPSA) is 92.9 Å². The van der Waals surface area contributed by atoms with E-state index in [2.05, 4.69) is 25.8 Å². The summed E-state index contributed by atoms with van der Waals surface area (Å²) in [7, 11) is 0. The summed E-state index contributed by atoms with van der Waals surface area (Å²) >= 11 is 1.46. The van der Waals surface area contributed by atoms with Crippen LogP contribution in [0.5, 0.6) is 0 Å². The summed E-state index contributed by atoms with van der Waals surface area (Å²) in [6, 6.07) is 14.6. The number of para-hydroxylation sites is 1. The molecular formula is C19H15N5O2S. The van der Waals surface area contributed by atoms with Crippen LogP contribution in [-0.2, 0) is 6.42 Å². The molecule has 0 bridgehead atoms. The van der Waals surface area contributed by atoms with E-state index in [1.54, 1.807) is 12.4 Å². The second-order valence-electron chi connectivity index (χ2n) is 5.64. The highest BCUT2D eigenvalue weighted by atomic mass is 32.1. The third-order valence-corrected chi connectivity index (χ3v) is 4.56. The molecule has 4 rings (SSSR count). The van der Waals surface area contributed by atoms with Gasteiger partial charge in [0.1, 0.15) is 0 Å². The number of amides is 2. The number of hydrogen-bond acceptors (Lipinski definition) is 6. The molecule has 0 aliphatic heterocycles. The zero-order valence-electron chi connectivity index (χ0n) is 14.1. The maximum atomic E-state index is 12.2. The second-order valence-corrected chi connectivity index (χ2v) is 6.59.